The van der Waals surface area contributed by atoms with Gasteiger partial charge in [-0.3, -0.25) is 4.79 Å². The third kappa shape index (κ3) is 5.59. The molecule has 0 unspecified atom stereocenters. The number of fused-ring (bicyclic) bond motifs is 1. The predicted molar refractivity (Wildman–Crippen MR) is 104 cm³/mol. The Balaban J connectivity index is 1.78. The lowest BCUT2D eigenvalue weighted by Gasteiger charge is -2.20. The minimum absolute atomic E-state index is 0.0669. The number of hydrogen-bond donors (Lipinski definition) is 4. The minimum Gasteiger partial charge on any atom is -0.360 e. The van der Waals surface area contributed by atoms with E-state index in [4.69, 9.17) is 0 Å². The van der Waals surface area contributed by atoms with E-state index in [9.17, 15) is 18.0 Å². The number of nitrogens with one attached hydrogen (secondary N) is 4. The van der Waals surface area contributed by atoms with E-state index in [1.165, 1.54) is 6.20 Å². The number of H-pyrrole nitrogens is 1. The van der Waals surface area contributed by atoms with Gasteiger partial charge in [-0.15, -0.1) is 0 Å². The largest absolute Gasteiger partial charge is 0.405 e. The Kier molecular flexibility index (Phi) is 5.36. The molecule has 1 aromatic carbocycles. The molecular formula is C19H21F3N6O. The summed E-state index contributed by atoms with van der Waals surface area (Å²) in [6.45, 7) is 4.46. The fraction of sp³-hybridized carbons (Fsp3) is 0.316. The van der Waals surface area contributed by atoms with Crippen molar-refractivity contribution in [3.8, 4) is 11.4 Å². The molecule has 0 bridgehead atoms. The van der Waals surface area contributed by atoms with Gasteiger partial charge in [0.05, 0.1) is 5.56 Å². The molecular weight excluding hydrogens is 385 g/mol. The highest BCUT2D eigenvalue weighted by molar-refractivity contribution is 5.95. The number of carbonyl (C=O) groups is 1. The maximum Gasteiger partial charge on any atom is 0.405 e. The zero-order valence-corrected chi connectivity index (χ0v) is 16.1. The summed E-state index contributed by atoms with van der Waals surface area (Å²) in [5.74, 6) is 0.480. The molecule has 0 radical (unpaired) electrons. The number of anilines is 3. The SMILES string of the molecule is CC(C)(C)NC(=O)c1ccc(Nc2nc(NCC(F)(F)F)c3ccnc-3[nH]2)cc1. The Hall–Kier alpha value is -3.30. The normalized spacial score (nSPS) is 12.1. The summed E-state index contributed by atoms with van der Waals surface area (Å²) in [7, 11) is 0. The number of rotatable bonds is 5. The average Bonchev–Trinajstić information content (AvgIpc) is 3.06. The molecule has 0 saturated heterocycles. The summed E-state index contributed by atoms with van der Waals surface area (Å²) < 4.78 is 37.7. The predicted octanol–water partition coefficient (Wildman–Crippen LogP) is 4.16. The lowest BCUT2D eigenvalue weighted by molar-refractivity contribution is -0.115. The number of alkyl halides is 3. The topological polar surface area (TPSA) is 94.7 Å². The smallest absolute Gasteiger partial charge is 0.360 e. The third-order valence-corrected chi connectivity index (χ3v) is 3.77. The first-order chi connectivity index (χ1) is 13.5. The van der Waals surface area contributed by atoms with Crippen LogP contribution >= 0.6 is 0 Å². The molecule has 2 aliphatic rings. The fourth-order valence-electron chi connectivity index (χ4n) is 2.57. The molecule has 3 rings (SSSR count). The maximum absolute atomic E-state index is 12.6. The highest BCUT2D eigenvalue weighted by atomic mass is 19.4. The van der Waals surface area contributed by atoms with Crippen molar-refractivity contribution in [3.05, 3.63) is 42.1 Å². The first-order valence-electron chi connectivity index (χ1n) is 8.85. The van der Waals surface area contributed by atoms with E-state index < -0.39 is 12.7 Å². The van der Waals surface area contributed by atoms with Crippen LogP contribution in [0.2, 0.25) is 0 Å². The summed E-state index contributed by atoms with van der Waals surface area (Å²) in [4.78, 5) is 23.4. The van der Waals surface area contributed by atoms with Crippen LogP contribution in [-0.2, 0) is 0 Å². The zero-order valence-electron chi connectivity index (χ0n) is 16.1. The molecule has 0 atom stereocenters. The van der Waals surface area contributed by atoms with Gasteiger partial charge in [0, 0.05) is 23.0 Å². The lowest BCUT2D eigenvalue weighted by Crippen LogP contribution is -2.40. The Morgan fingerprint density at radius 1 is 1.10 bits per heavy atom. The van der Waals surface area contributed by atoms with Gasteiger partial charge in [0.1, 0.15) is 18.2 Å². The molecule has 1 aromatic rings. The molecule has 0 saturated carbocycles. The van der Waals surface area contributed by atoms with Crippen molar-refractivity contribution >= 4 is 23.4 Å². The first-order valence-corrected chi connectivity index (χ1v) is 8.85. The minimum atomic E-state index is -4.37. The molecule has 0 aromatic heterocycles. The van der Waals surface area contributed by atoms with Gasteiger partial charge < -0.3 is 20.9 Å². The van der Waals surface area contributed by atoms with Gasteiger partial charge in [-0.25, -0.2) is 4.98 Å². The third-order valence-electron chi connectivity index (χ3n) is 3.77. The van der Waals surface area contributed by atoms with Crippen LogP contribution in [0.4, 0.5) is 30.6 Å². The van der Waals surface area contributed by atoms with Gasteiger partial charge in [0.15, 0.2) is 0 Å². The van der Waals surface area contributed by atoms with E-state index in [1.807, 2.05) is 20.8 Å². The molecule has 7 nitrogen and oxygen atoms in total. The van der Waals surface area contributed by atoms with E-state index in [1.54, 1.807) is 30.3 Å². The monoisotopic (exact) mass is 406 g/mol. The molecule has 2 aliphatic heterocycles. The van der Waals surface area contributed by atoms with E-state index in [-0.39, 0.29) is 23.2 Å². The van der Waals surface area contributed by atoms with E-state index in [0.717, 1.165) is 0 Å². The van der Waals surface area contributed by atoms with Gasteiger partial charge in [-0.2, -0.15) is 18.2 Å². The zero-order chi connectivity index (χ0) is 21.2. The molecule has 0 aliphatic carbocycles. The van der Waals surface area contributed by atoms with Crippen molar-refractivity contribution in [2.45, 2.75) is 32.5 Å². The second-order valence-electron chi connectivity index (χ2n) is 7.52. The van der Waals surface area contributed by atoms with E-state index in [2.05, 4.69) is 30.9 Å². The van der Waals surface area contributed by atoms with Gasteiger partial charge in [-0.05, 0) is 51.1 Å². The van der Waals surface area contributed by atoms with Gasteiger partial charge in [0.2, 0.25) is 5.95 Å². The van der Waals surface area contributed by atoms with Gasteiger partial charge in [-0.1, -0.05) is 0 Å². The molecule has 0 spiro atoms. The van der Waals surface area contributed by atoms with Crippen LogP contribution in [0.1, 0.15) is 31.1 Å². The first kappa shape index (κ1) is 20.4. The number of aromatic nitrogens is 3. The van der Waals surface area contributed by atoms with Crippen LogP contribution < -0.4 is 16.0 Å². The van der Waals surface area contributed by atoms with Crippen LogP contribution in [0.5, 0.6) is 0 Å². The quantitative estimate of drug-likeness (QED) is 0.511. The van der Waals surface area contributed by atoms with Crippen LogP contribution in [0.3, 0.4) is 0 Å². The molecule has 154 valence electrons. The molecule has 4 N–H and O–H groups in total. The summed E-state index contributed by atoms with van der Waals surface area (Å²) in [6.07, 6.45) is -2.89. The summed E-state index contributed by atoms with van der Waals surface area (Å²) in [5.41, 5.74) is 1.19. The van der Waals surface area contributed by atoms with E-state index in [0.29, 0.717) is 22.6 Å². The standard InChI is InChI=1S/C19H21F3N6O/c1-18(2,3)28-16(29)11-4-6-12(7-5-11)25-17-26-14-13(8-9-23-14)15(27-17)24-10-19(20,21)22/h4-9H,10H2,1-3H3,(H,28,29)(H3,23,24,25,26,27). The number of amides is 1. The number of nitrogens with zero attached hydrogens (tertiary/aromatic N) is 2. The number of hydrogen-bond acceptors (Lipinski definition) is 5. The van der Waals surface area contributed by atoms with Crippen molar-refractivity contribution in [2.75, 3.05) is 17.2 Å². The summed E-state index contributed by atoms with van der Waals surface area (Å²) in [6, 6.07) is 8.22. The lowest BCUT2D eigenvalue weighted by atomic mass is 10.1. The Labute approximate surface area is 165 Å². The van der Waals surface area contributed by atoms with Crippen LogP contribution in [0.15, 0.2) is 36.5 Å². The van der Waals surface area contributed by atoms with Crippen molar-refractivity contribution in [2.24, 2.45) is 0 Å². The summed E-state index contributed by atoms with van der Waals surface area (Å²) in [5, 5.41) is 8.14. The molecule has 0 fully saturated rings. The summed E-state index contributed by atoms with van der Waals surface area (Å²) >= 11 is 0. The second kappa shape index (κ2) is 7.61. The molecule has 1 amide bonds. The van der Waals surface area contributed by atoms with Crippen LogP contribution in [0.25, 0.3) is 11.4 Å². The Morgan fingerprint density at radius 2 is 1.79 bits per heavy atom. The number of carbonyl (C=O) groups excluding carboxylic acids is 1. The highest BCUT2D eigenvalue weighted by Gasteiger charge is 2.28. The van der Waals surface area contributed by atoms with Crippen molar-refractivity contribution in [3.63, 3.8) is 0 Å². The van der Waals surface area contributed by atoms with Gasteiger partial charge >= 0.3 is 6.18 Å². The van der Waals surface area contributed by atoms with Gasteiger partial charge in [0.25, 0.3) is 5.91 Å². The van der Waals surface area contributed by atoms with Crippen molar-refractivity contribution in [1.29, 1.82) is 0 Å². The van der Waals surface area contributed by atoms with Crippen molar-refractivity contribution < 1.29 is 18.0 Å². The van der Waals surface area contributed by atoms with Crippen LogP contribution in [0, 0.1) is 0 Å². The Morgan fingerprint density at radius 3 is 2.41 bits per heavy atom. The Bertz CT molecular complexity index is 959. The number of benzene rings is 1. The van der Waals surface area contributed by atoms with E-state index >= 15 is 0 Å². The average molecular weight is 406 g/mol. The fourth-order valence-corrected chi connectivity index (χ4v) is 2.57. The van der Waals surface area contributed by atoms with Crippen LogP contribution in [-0.4, -0.2) is 39.1 Å². The number of aromatic amines is 1. The number of halogens is 3. The maximum atomic E-state index is 12.6. The highest BCUT2D eigenvalue weighted by Crippen LogP contribution is 2.29. The second-order valence-corrected chi connectivity index (χ2v) is 7.52. The van der Waals surface area contributed by atoms with Crippen molar-refractivity contribution in [1.82, 2.24) is 20.3 Å². The molecule has 29 heavy (non-hydrogen) atoms. The molecule has 10 heteroatoms. The molecule has 2 heterocycles.